The molecule has 146 valence electrons. The molecule has 3 heterocycles. The highest BCUT2D eigenvalue weighted by atomic mass is 32.2. The highest BCUT2D eigenvalue weighted by Crippen LogP contribution is 2.19. The Hall–Kier alpha value is -2.39. The Morgan fingerprint density at radius 3 is 2.85 bits per heavy atom. The van der Waals surface area contributed by atoms with Gasteiger partial charge >= 0.3 is 0 Å². The van der Waals surface area contributed by atoms with Crippen molar-refractivity contribution < 1.29 is 17.6 Å². The van der Waals surface area contributed by atoms with E-state index in [-0.39, 0.29) is 29.7 Å². The van der Waals surface area contributed by atoms with Crippen molar-refractivity contribution in [2.45, 2.75) is 19.4 Å². The molecule has 1 amide bonds. The van der Waals surface area contributed by atoms with E-state index in [4.69, 9.17) is 4.42 Å². The fourth-order valence-corrected chi connectivity index (χ4v) is 3.72. The predicted octanol–water partition coefficient (Wildman–Crippen LogP) is 0.891. The van der Waals surface area contributed by atoms with Gasteiger partial charge in [0.05, 0.1) is 12.8 Å². The number of sulfonamides is 1. The van der Waals surface area contributed by atoms with Gasteiger partial charge in [-0.2, -0.15) is 0 Å². The smallest absolute Gasteiger partial charge is 0.289 e. The van der Waals surface area contributed by atoms with Crippen molar-refractivity contribution in [1.29, 1.82) is 0 Å². The van der Waals surface area contributed by atoms with Gasteiger partial charge in [-0.15, -0.1) is 0 Å². The zero-order valence-corrected chi connectivity index (χ0v) is 15.9. The number of aromatic nitrogens is 1. The standard InChI is InChI=1S/C18H23N3O5S/c1-27(24,25)19-11-14-5-4-10-21(12-14)18(23)16-8-7-15(26-16)13-20-9-3-2-6-17(20)22/h2-3,6-9,14,19H,4-5,10-13H2,1H3/t14-/m0/s1. The Balaban J connectivity index is 1.63. The lowest BCUT2D eigenvalue weighted by Crippen LogP contribution is -2.43. The molecule has 2 aromatic rings. The highest BCUT2D eigenvalue weighted by Gasteiger charge is 2.26. The van der Waals surface area contributed by atoms with Gasteiger partial charge in [0.25, 0.3) is 11.5 Å². The van der Waals surface area contributed by atoms with Gasteiger partial charge in [-0.05, 0) is 37.0 Å². The van der Waals surface area contributed by atoms with Crippen LogP contribution < -0.4 is 10.3 Å². The predicted molar refractivity (Wildman–Crippen MR) is 100.0 cm³/mol. The molecule has 0 aliphatic carbocycles. The number of nitrogens with zero attached hydrogens (tertiary/aromatic N) is 2. The van der Waals surface area contributed by atoms with Crippen molar-refractivity contribution in [3.63, 3.8) is 0 Å². The van der Waals surface area contributed by atoms with Crippen molar-refractivity contribution in [3.8, 4) is 0 Å². The molecule has 9 heteroatoms. The summed E-state index contributed by atoms with van der Waals surface area (Å²) in [6.07, 6.45) is 4.47. The second kappa shape index (κ2) is 8.10. The number of carbonyl (C=O) groups is 1. The van der Waals surface area contributed by atoms with Crippen LogP contribution in [0.15, 0.2) is 45.7 Å². The first-order chi connectivity index (χ1) is 12.8. The van der Waals surface area contributed by atoms with E-state index < -0.39 is 10.0 Å². The largest absolute Gasteiger partial charge is 0.454 e. The molecule has 0 bridgehead atoms. The van der Waals surface area contributed by atoms with Crippen LogP contribution in [0.3, 0.4) is 0 Å². The monoisotopic (exact) mass is 393 g/mol. The summed E-state index contributed by atoms with van der Waals surface area (Å²) >= 11 is 0. The first-order valence-electron chi connectivity index (χ1n) is 8.80. The maximum atomic E-state index is 12.7. The quantitative estimate of drug-likeness (QED) is 0.785. The minimum atomic E-state index is -3.24. The van der Waals surface area contributed by atoms with Crippen molar-refractivity contribution in [3.05, 3.63) is 58.4 Å². The molecule has 1 N–H and O–H groups in total. The number of carbonyl (C=O) groups excluding carboxylic acids is 1. The summed E-state index contributed by atoms with van der Waals surface area (Å²) in [5.74, 6) is 0.616. The van der Waals surface area contributed by atoms with Gasteiger partial charge in [-0.1, -0.05) is 6.07 Å². The molecule has 1 saturated heterocycles. The molecule has 0 unspecified atom stereocenters. The van der Waals surface area contributed by atoms with Gasteiger partial charge < -0.3 is 13.9 Å². The molecule has 27 heavy (non-hydrogen) atoms. The third kappa shape index (κ3) is 5.30. The second-order valence-corrected chi connectivity index (χ2v) is 8.65. The van der Waals surface area contributed by atoms with Gasteiger partial charge in [-0.3, -0.25) is 9.59 Å². The van der Waals surface area contributed by atoms with Crippen molar-refractivity contribution >= 4 is 15.9 Å². The summed E-state index contributed by atoms with van der Waals surface area (Å²) in [6, 6.07) is 8.20. The van der Waals surface area contributed by atoms with Gasteiger partial charge in [0, 0.05) is 31.9 Å². The zero-order chi connectivity index (χ0) is 19.4. The molecule has 1 atom stereocenters. The maximum Gasteiger partial charge on any atom is 0.289 e. The van der Waals surface area contributed by atoms with Gasteiger partial charge in [0.2, 0.25) is 10.0 Å². The lowest BCUT2D eigenvalue weighted by Gasteiger charge is -2.32. The van der Waals surface area contributed by atoms with E-state index in [0.29, 0.717) is 25.4 Å². The fraction of sp³-hybridized carbons (Fsp3) is 0.444. The van der Waals surface area contributed by atoms with Crippen LogP contribution in [0, 0.1) is 5.92 Å². The van der Waals surface area contributed by atoms with Crippen LogP contribution in [-0.2, 0) is 16.6 Å². The molecular formula is C18H23N3O5S. The molecule has 0 aromatic carbocycles. The van der Waals surface area contributed by atoms with Crippen molar-refractivity contribution in [2.24, 2.45) is 5.92 Å². The fourth-order valence-electron chi connectivity index (χ4n) is 3.18. The van der Waals surface area contributed by atoms with Crippen LogP contribution >= 0.6 is 0 Å². The molecule has 1 fully saturated rings. The SMILES string of the molecule is CS(=O)(=O)NC[C@@H]1CCCN(C(=O)c2ccc(Cn3ccccc3=O)o2)C1. The lowest BCUT2D eigenvalue weighted by molar-refractivity contribution is 0.0642. The summed E-state index contributed by atoms with van der Waals surface area (Å²) in [5, 5.41) is 0. The Morgan fingerprint density at radius 1 is 1.30 bits per heavy atom. The molecule has 0 spiro atoms. The minimum Gasteiger partial charge on any atom is -0.454 e. The van der Waals surface area contributed by atoms with Crippen LogP contribution in [0.2, 0.25) is 0 Å². The van der Waals surface area contributed by atoms with Crippen molar-refractivity contribution in [2.75, 3.05) is 25.9 Å². The van der Waals surface area contributed by atoms with E-state index in [1.807, 2.05) is 0 Å². The van der Waals surface area contributed by atoms with Gasteiger partial charge in [-0.25, -0.2) is 13.1 Å². The van der Waals surface area contributed by atoms with E-state index in [0.717, 1.165) is 19.1 Å². The van der Waals surface area contributed by atoms with Gasteiger partial charge in [0.1, 0.15) is 5.76 Å². The first kappa shape index (κ1) is 19.4. The van der Waals surface area contributed by atoms with E-state index in [2.05, 4.69) is 4.72 Å². The average molecular weight is 393 g/mol. The zero-order valence-electron chi connectivity index (χ0n) is 15.1. The second-order valence-electron chi connectivity index (χ2n) is 6.81. The number of piperidine rings is 1. The van der Waals surface area contributed by atoms with Crippen LogP contribution in [0.25, 0.3) is 0 Å². The normalized spacial score (nSPS) is 17.8. The minimum absolute atomic E-state index is 0.0785. The summed E-state index contributed by atoms with van der Waals surface area (Å²) in [4.78, 5) is 26.2. The van der Waals surface area contributed by atoms with E-state index in [1.54, 1.807) is 35.4 Å². The number of amides is 1. The third-order valence-electron chi connectivity index (χ3n) is 4.54. The Labute approximate surface area is 157 Å². The summed E-state index contributed by atoms with van der Waals surface area (Å²) in [7, 11) is -3.24. The summed E-state index contributed by atoms with van der Waals surface area (Å²) in [6.45, 7) is 1.68. The number of rotatable bonds is 6. The topological polar surface area (TPSA) is 102 Å². The molecule has 1 aliphatic heterocycles. The maximum absolute atomic E-state index is 12.7. The number of pyridine rings is 1. The third-order valence-corrected chi connectivity index (χ3v) is 5.23. The van der Waals surface area contributed by atoms with Crippen molar-refractivity contribution in [1.82, 2.24) is 14.2 Å². The number of likely N-dealkylation sites (tertiary alicyclic amines) is 1. The van der Waals surface area contributed by atoms with Gasteiger partial charge in [0.15, 0.2) is 5.76 Å². The summed E-state index contributed by atoms with van der Waals surface area (Å²) in [5.41, 5.74) is -0.140. The van der Waals surface area contributed by atoms with E-state index >= 15 is 0 Å². The van der Waals surface area contributed by atoms with Crippen LogP contribution in [0.4, 0.5) is 0 Å². The first-order valence-corrected chi connectivity index (χ1v) is 10.7. The summed E-state index contributed by atoms with van der Waals surface area (Å²) < 4.78 is 32.2. The van der Waals surface area contributed by atoms with E-state index in [9.17, 15) is 18.0 Å². The Bertz CT molecular complexity index is 963. The number of hydrogen-bond donors (Lipinski definition) is 1. The van der Waals surface area contributed by atoms with E-state index in [1.165, 1.54) is 10.6 Å². The average Bonchev–Trinajstić information content (AvgIpc) is 3.09. The van der Waals surface area contributed by atoms with Crippen LogP contribution in [0.5, 0.6) is 0 Å². The molecule has 0 radical (unpaired) electrons. The molecule has 8 nitrogen and oxygen atoms in total. The lowest BCUT2D eigenvalue weighted by atomic mass is 9.98. The molecule has 2 aromatic heterocycles. The van der Waals surface area contributed by atoms with Crippen LogP contribution in [-0.4, -0.2) is 49.7 Å². The number of furan rings is 1. The molecular weight excluding hydrogens is 370 g/mol. The number of hydrogen-bond acceptors (Lipinski definition) is 5. The molecule has 3 rings (SSSR count). The molecule has 1 aliphatic rings. The Morgan fingerprint density at radius 2 is 2.11 bits per heavy atom. The number of nitrogens with one attached hydrogen (secondary N) is 1. The highest BCUT2D eigenvalue weighted by molar-refractivity contribution is 7.88. The van der Waals surface area contributed by atoms with Crippen LogP contribution in [0.1, 0.15) is 29.2 Å². The Kier molecular flexibility index (Phi) is 5.81. The molecule has 0 saturated carbocycles.